The number of nitrogens with one attached hydrogen (secondary N) is 1. The summed E-state index contributed by atoms with van der Waals surface area (Å²) in [5.41, 5.74) is 0.500. The number of anilines is 1. The van der Waals surface area contributed by atoms with E-state index in [4.69, 9.17) is 9.15 Å². The Morgan fingerprint density at radius 2 is 2.29 bits per heavy atom. The first-order chi connectivity index (χ1) is 10.2. The minimum atomic E-state index is -0.456. The van der Waals surface area contributed by atoms with Gasteiger partial charge in [0.15, 0.2) is 0 Å². The fraction of sp³-hybridized carbons (Fsp3) is 0.385. The molecule has 0 unspecified atom stereocenters. The molecule has 21 heavy (non-hydrogen) atoms. The predicted molar refractivity (Wildman–Crippen MR) is 73.2 cm³/mol. The molecular weight excluding hydrogens is 276 g/mol. The largest absolute Gasteiger partial charge is 0.495 e. The van der Waals surface area contributed by atoms with Gasteiger partial charge in [-0.1, -0.05) is 0 Å². The van der Waals surface area contributed by atoms with Crippen molar-refractivity contribution >= 4 is 11.4 Å². The van der Waals surface area contributed by atoms with Gasteiger partial charge >= 0.3 is 0 Å². The molecule has 1 saturated carbocycles. The van der Waals surface area contributed by atoms with Gasteiger partial charge in [0, 0.05) is 18.1 Å². The molecule has 1 fully saturated rings. The van der Waals surface area contributed by atoms with Crippen LogP contribution in [-0.4, -0.2) is 22.2 Å². The van der Waals surface area contributed by atoms with Gasteiger partial charge in [-0.2, -0.15) is 0 Å². The number of ether oxygens (including phenoxy) is 1. The molecule has 0 saturated heterocycles. The zero-order valence-corrected chi connectivity index (χ0v) is 11.4. The normalized spacial score (nSPS) is 14.0. The molecule has 8 heteroatoms. The van der Waals surface area contributed by atoms with Crippen LogP contribution in [0.2, 0.25) is 0 Å². The lowest BCUT2D eigenvalue weighted by atomic mass is 10.2. The van der Waals surface area contributed by atoms with E-state index in [9.17, 15) is 10.1 Å². The topological polar surface area (TPSA) is 103 Å². The number of benzene rings is 1. The maximum absolute atomic E-state index is 10.8. The number of non-ortho nitro benzene ring substituents is 1. The van der Waals surface area contributed by atoms with E-state index in [0.29, 0.717) is 29.1 Å². The quantitative estimate of drug-likeness (QED) is 0.643. The summed E-state index contributed by atoms with van der Waals surface area (Å²) in [7, 11) is 1.50. The second-order valence-corrected chi connectivity index (χ2v) is 4.80. The third-order valence-electron chi connectivity index (χ3n) is 3.23. The van der Waals surface area contributed by atoms with Crippen LogP contribution in [0.4, 0.5) is 11.4 Å². The van der Waals surface area contributed by atoms with Gasteiger partial charge in [0.2, 0.25) is 11.8 Å². The fourth-order valence-electron chi connectivity index (χ4n) is 1.95. The fourth-order valence-corrected chi connectivity index (χ4v) is 1.95. The molecule has 0 radical (unpaired) electrons. The van der Waals surface area contributed by atoms with Crippen molar-refractivity contribution in [2.75, 3.05) is 12.4 Å². The summed E-state index contributed by atoms with van der Waals surface area (Å²) < 4.78 is 10.7. The Balaban J connectivity index is 1.73. The Labute approximate surface area is 120 Å². The lowest BCUT2D eigenvalue weighted by molar-refractivity contribution is -0.384. The number of aromatic nitrogens is 2. The lowest BCUT2D eigenvalue weighted by Crippen LogP contribution is -2.02. The van der Waals surface area contributed by atoms with Crippen molar-refractivity contribution in [3.05, 3.63) is 40.1 Å². The molecule has 1 aliphatic rings. The highest BCUT2D eigenvalue weighted by molar-refractivity contribution is 5.61. The van der Waals surface area contributed by atoms with E-state index < -0.39 is 4.92 Å². The molecule has 1 aromatic carbocycles. The van der Waals surface area contributed by atoms with Crippen molar-refractivity contribution in [3.8, 4) is 5.75 Å². The number of rotatable bonds is 6. The van der Waals surface area contributed by atoms with Crippen LogP contribution in [0.3, 0.4) is 0 Å². The van der Waals surface area contributed by atoms with Crippen LogP contribution in [0.15, 0.2) is 22.6 Å². The number of methoxy groups -OCH3 is 1. The van der Waals surface area contributed by atoms with Gasteiger partial charge in [-0.15, -0.1) is 10.2 Å². The van der Waals surface area contributed by atoms with Gasteiger partial charge in [0.25, 0.3) is 5.69 Å². The van der Waals surface area contributed by atoms with Crippen molar-refractivity contribution in [3.63, 3.8) is 0 Å². The molecule has 0 spiro atoms. The molecular formula is C13H14N4O4. The third-order valence-corrected chi connectivity index (χ3v) is 3.23. The summed E-state index contributed by atoms with van der Waals surface area (Å²) in [6, 6.07) is 4.35. The average molecular weight is 290 g/mol. The Morgan fingerprint density at radius 1 is 1.48 bits per heavy atom. The average Bonchev–Trinajstić information content (AvgIpc) is 3.23. The number of nitro benzene ring substituents is 1. The third kappa shape index (κ3) is 2.93. The van der Waals surface area contributed by atoms with Crippen LogP contribution in [0.1, 0.15) is 30.5 Å². The van der Waals surface area contributed by atoms with Gasteiger partial charge in [0.05, 0.1) is 24.3 Å². The van der Waals surface area contributed by atoms with Crippen molar-refractivity contribution in [2.45, 2.75) is 25.3 Å². The summed E-state index contributed by atoms with van der Waals surface area (Å²) in [5.74, 6) is 2.03. The first-order valence-corrected chi connectivity index (χ1v) is 6.56. The zero-order valence-electron chi connectivity index (χ0n) is 11.4. The summed E-state index contributed by atoms with van der Waals surface area (Å²) in [6.07, 6.45) is 2.18. The van der Waals surface area contributed by atoms with E-state index >= 15 is 0 Å². The molecule has 110 valence electrons. The molecule has 2 aromatic rings. The van der Waals surface area contributed by atoms with E-state index in [1.54, 1.807) is 6.07 Å². The zero-order chi connectivity index (χ0) is 14.8. The minimum Gasteiger partial charge on any atom is -0.495 e. The van der Waals surface area contributed by atoms with Gasteiger partial charge in [-0.25, -0.2) is 0 Å². The SMILES string of the molecule is COc1ccc([N+](=O)[O-])cc1NCc1nnc(C2CC2)o1. The van der Waals surface area contributed by atoms with Gasteiger partial charge < -0.3 is 14.5 Å². The molecule has 3 rings (SSSR count). The summed E-state index contributed by atoms with van der Waals surface area (Å²) >= 11 is 0. The standard InChI is InChI=1S/C13H14N4O4/c1-20-11-5-4-9(17(18)19)6-10(11)14-7-12-15-16-13(21-12)8-2-3-8/h4-6,8,14H,2-3,7H2,1H3. The second-order valence-electron chi connectivity index (χ2n) is 4.80. The van der Waals surface area contributed by atoms with Gasteiger partial charge in [-0.3, -0.25) is 10.1 Å². The number of nitrogens with zero attached hydrogens (tertiary/aromatic N) is 3. The van der Waals surface area contributed by atoms with Crippen molar-refractivity contribution in [1.82, 2.24) is 10.2 Å². The number of hydrogen-bond donors (Lipinski definition) is 1. The molecule has 8 nitrogen and oxygen atoms in total. The summed E-state index contributed by atoms with van der Waals surface area (Å²) in [5, 5.41) is 21.8. The summed E-state index contributed by atoms with van der Waals surface area (Å²) in [6.45, 7) is 0.289. The Bertz CT molecular complexity index is 666. The van der Waals surface area contributed by atoms with Gasteiger partial charge in [-0.05, 0) is 18.9 Å². The van der Waals surface area contributed by atoms with E-state index in [1.165, 1.54) is 19.2 Å². The highest BCUT2D eigenvalue weighted by Crippen LogP contribution is 2.39. The first-order valence-electron chi connectivity index (χ1n) is 6.56. The van der Waals surface area contributed by atoms with Crippen LogP contribution >= 0.6 is 0 Å². The Morgan fingerprint density at radius 3 is 2.95 bits per heavy atom. The number of hydrogen-bond acceptors (Lipinski definition) is 7. The minimum absolute atomic E-state index is 0.0116. The smallest absolute Gasteiger partial charge is 0.271 e. The molecule has 1 N–H and O–H groups in total. The van der Waals surface area contributed by atoms with Crippen LogP contribution in [0, 0.1) is 10.1 Å². The van der Waals surface area contributed by atoms with Crippen LogP contribution in [-0.2, 0) is 6.54 Å². The molecule has 1 aromatic heterocycles. The highest BCUT2D eigenvalue weighted by Gasteiger charge is 2.29. The Kier molecular flexibility index (Phi) is 3.43. The maximum Gasteiger partial charge on any atom is 0.271 e. The predicted octanol–water partition coefficient (Wildman–Crippen LogP) is 2.48. The molecule has 0 amide bonds. The van der Waals surface area contributed by atoms with Crippen LogP contribution in [0.25, 0.3) is 0 Å². The van der Waals surface area contributed by atoms with E-state index in [2.05, 4.69) is 15.5 Å². The van der Waals surface area contributed by atoms with Crippen molar-refractivity contribution < 1.29 is 14.1 Å². The molecule has 0 aliphatic heterocycles. The van der Waals surface area contributed by atoms with E-state index in [1.807, 2.05) is 0 Å². The second kappa shape index (κ2) is 5.39. The molecule has 1 aliphatic carbocycles. The van der Waals surface area contributed by atoms with Crippen molar-refractivity contribution in [1.29, 1.82) is 0 Å². The van der Waals surface area contributed by atoms with E-state index in [0.717, 1.165) is 12.8 Å². The Hall–Kier alpha value is -2.64. The molecule has 0 bridgehead atoms. The molecule has 1 heterocycles. The number of nitro groups is 1. The maximum atomic E-state index is 10.8. The van der Waals surface area contributed by atoms with Crippen LogP contribution in [0.5, 0.6) is 5.75 Å². The van der Waals surface area contributed by atoms with Crippen LogP contribution < -0.4 is 10.1 Å². The molecule has 0 atom stereocenters. The monoisotopic (exact) mass is 290 g/mol. The summed E-state index contributed by atoms with van der Waals surface area (Å²) in [4.78, 5) is 10.4. The highest BCUT2D eigenvalue weighted by atomic mass is 16.6. The van der Waals surface area contributed by atoms with Crippen molar-refractivity contribution in [2.24, 2.45) is 0 Å². The first kappa shape index (κ1) is 13.3. The van der Waals surface area contributed by atoms with E-state index in [-0.39, 0.29) is 12.2 Å². The van der Waals surface area contributed by atoms with Gasteiger partial charge in [0.1, 0.15) is 5.75 Å². The lowest BCUT2D eigenvalue weighted by Gasteiger charge is -2.09.